The highest BCUT2D eigenvalue weighted by Crippen LogP contribution is 2.32. The highest BCUT2D eigenvalue weighted by atomic mass is 35.5. The first kappa shape index (κ1) is 22.8. The predicted molar refractivity (Wildman–Crippen MR) is 120 cm³/mol. The average molecular weight is 476 g/mol. The Balaban J connectivity index is 1.77. The van der Waals surface area contributed by atoms with Crippen molar-refractivity contribution in [2.45, 2.75) is 40.2 Å². The van der Waals surface area contributed by atoms with Gasteiger partial charge in [0.05, 0.1) is 22.1 Å². The van der Waals surface area contributed by atoms with Crippen molar-refractivity contribution < 1.29 is 13.2 Å². The standard InChI is InChI=1S/C22H21ClF3N7/c1-4-16-21(14-5-7-15(24)8-6-14)31-32(10-17(25)26)22(16)29-18-9-19(28-11-27-18)33-13(3)20(23)12(2)30-33/h5-9,11,17H,4,10H2,1-3H3,(H,27,28,29). The molecule has 4 aromatic rings. The summed E-state index contributed by atoms with van der Waals surface area (Å²) < 4.78 is 42.8. The summed E-state index contributed by atoms with van der Waals surface area (Å²) in [4.78, 5) is 8.49. The van der Waals surface area contributed by atoms with Gasteiger partial charge in [-0.05, 0) is 44.5 Å². The van der Waals surface area contributed by atoms with Crippen LogP contribution in [0.15, 0.2) is 36.7 Å². The van der Waals surface area contributed by atoms with Crippen molar-refractivity contribution in [3.05, 3.63) is 64.5 Å². The molecule has 0 aliphatic heterocycles. The maximum Gasteiger partial charge on any atom is 0.258 e. The van der Waals surface area contributed by atoms with Gasteiger partial charge in [-0.25, -0.2) is 32.5 Å². The molecule has 0 fully saturated rings. The minimum atomic E-state index is -2.62. The van der Waals surface area contributed by atoms with Gasteiger partial charge in [0.15, 0.2) is 5.82 Å². The molecule has 33 heavy (non-hydrogen) atoms. The third kappa shape index (κ3) is 4.56. The fourth-order valence-corrected chi connectivity index (χ4v) is 3.69. The number of nitrogens with zero attached hydrogens (tertiary/aromatic N) is 6. The fraction of sp³-hybridized carbons (Fsp3) is 0.273. The maximum atomic E-state index is 13.4. The molecule has 0 radical (unpaired) electrons. The van der Waals surface area contributed by atoms with Gasteiger partial charge in [-0.2, -0.15) is 10.2 Å². The number of alkyl halides is 2. The predicted octanol–water partition coefficient (Wildman–Crippen LogP) is 5.51. The molecule has 0 spiro atoms. The van der Waals surface area contributed by atoms with E-state index >= 15 is 0 Å². The first-order valence-electron chi connectivity index (χ1n) is 10.2. The zero-order valence-corrected chi connectivity index (χ0v) is 18.9. The minimum absolute atomic E-state index is 0.374. The Hall–Kier alpha value is -3.40. The molecular formula is C22H21ClF3N7. The van der Waals surface area contributed by atoms with Gasteiger partial charge >= 0.3 is 0 Å². The first-order valence-corrected chi connectivity index (χ1v) is 10.6. The van der Waals surface area contributed by atoms with E-state index in [0.29, 0.717) is 51.4 Å². The topological polar surface area (TPSA) is 73.5 Å². The molecular weight excluding hydrogens is 455 g/mol. The Kier molecular flexibility index (Phi) is 6.37. The van der Waals surface area contributed by atoms with Crippen molar-refractivity contribution in [3.8, 4) is 17.1 Å². The second-order valence-electron chi connectivity index (χ2n) is 7.39. The van der Waals surface area contributed by atoms with Crippen molar-refractivity contribution in [2.75, 3.05) is 5.32 Å². The van der Waals surface area contributed by atoms with E-state index in [0.717, 1.165) is 5.69 Å². The summed E-state index contributed by atoms with van der Waals surface area (Å²) in [5, 5.41) is 12.4. The second kappa shape index (κ2) is 9.22. The monoisotopic (exact) mass is 475 g/mol. The Bertz CT molecular complexity index is 1280. The first-order chi connectivity index (χ1) is 15.8. The third-order valence-electron chi connectivity index (χ3n) is 5.15. The van der Waals surface area contributed by atoms with Crippen molar-refractivity contribution >= 4 is 23.2 Å². The largest absolute Gasteiger partial charge is 0.325 e. The van der Waals surface area contributed by atoms with Crippen molar-refractivity contribution in [3.63, 3.8) is 0 Å². The number of rotatable bonds is 7. The van der Waals surface area contributed by atoms with E-state index in [1.54, 1.807) is 29.8 Å². The van der Waals surface area contributed by atoms with E-state index in [4.69, 9.17) is 11.6 Å². The van der Waals surface area contributed by atoms with Crippen molar-refractivity contribution in [2.24, 2.45) is 0 Å². The summed E-state index contributed by atoms with van der Waals surface area (Å²) >= 11 is 6.25. The van der Waals surface area contributed by atoms with Crippen LogP contribution < -0.4 is 5.32 Å². The lowest BCUT2D eigenvalue weighted by Crippen LogP contribution is -2.12. The van der Waals surface area contributed by atoms with Gasteiger partial charge in [-0.3, -0.25) is 0 Å². The van der Waals surface area contributed by atoms with E-state index in [1.165, 1.54) is 23.1 Å². The Labute approximate surface area is 193 Å². The lowest BCUT2D eigenvalue weighted by Gasteiger charge is -2.12. The third-order valence-corrected chi connectivity index (χ3v) is 5.70. The summed E-state index contributed by atoms with van der Waals surface area (Å²) in [5.74, 6) is 0.837. The van der Waals surface area contributed by atoms with Gasteiger partial charge in [0.25, 0.3) is 6.43 Å². The Morgan fingerprint density at radius 2 is 1.82 bits per heavy atom. The number of hydrogen-bond donors (Lipinski definition) is 1. The van der Waals surface area contributed by atoms with Crippen LogP contribution in [-0.4, -0.2) is 36.0 Å². The average Bonchev–Trinajstić information content (AvgIpc) is 3.25. The summed E-state index contributed by atoms with van der Waals surface area (Å²) in [7, 11) is 0. The molecule has 3 aromatic heterocycles. The molecule has 0 unspecified atom stereocenters. The Morgan fingerprint density at radius 1 is 1.09 bits per heavy atom. The molecule has 0 aliphatic carbocycles. The fourth-order valence-electron chi connectivity index (χ4n) is 3.58. The Morgan fingerprint density at radius 3 is 2.42 bits per heavy atom. The molecule has 0 atom stereocenters. The van der Waals surface area contributed by atoms with Crippen LogP contribution in [0.2, 0.25) is 5.02 Å². The molecule has 1 N–H and O–H groups in total. The van der Waals surface area contributed by atoms with Crippen molar-refractivity contribution in [1.82, 2.24) is 29.5 Å². The van der Waals surface area contributed by atoms with Gasteiger partial charge in [0.2, 0.25) is 0 Å². The van der Waals surface area contributed by atoms with Crippen LogP contribution in [0.1, 0.15) is 23.9 Å². The molecule has 1 aromatic carbocycles. The number of benzene rings is 1. The molecule has 172 valence electrons. The molecule has 0 bridgehead atoms. The highest BCUT2D eigenvalue weighted by molar-refractivity contribution is 6.31. The quantitative estimate of drug-likeness (QED) is 0.381. The molecule has 7 nitrogen and oxygen atoms in total. The zero-order chi connectivity index (χ0) is 23.7. The minimum Gasteiger partial charge on any atom is -0.325 e. The van der Waals surface area contributed by atoms with Crippen LogP contribution in [0.25, 0.3) is 17.1 Å². The van der Waals surface area contributed by atoms with Gasteiger partial charge in [0.1, 0.15) is 30.3 Å². The molecule has 3 heterocycles. The van der Waals surface area contributed by atoms with E-state index < -0.39 is 13.0 Å². The maximum absolute atomic E-state index is 13.4. The summed E-state index contributed by atoms with van der Waals surface area (Å²) in [6, 6.07) is 7.41. The van der Waals surface area contributed by atoms with Crippen LogP contribution >= 0.6 is 11.6 Å². The van der Waals surface area contributed by atoms with Crippen LogP contribution in [0, 0.1) is 19.7 Å². The summed E-state index contributed by atoms with van der Waals surface area (Å²) in [5.41, 5.74) is 3.21. The molecule has 0 aliphatic rings. The lowest BCUT2D eigenvalue weighted by molar-refractivity contribution is 0.122. The normalized spacial score (nSPS) is 11.4. The molecule has 0 saturated heterocycles. The number of halogens is 4. The van der Waals surface area contributed by atoms with E-state index in [2.05, 4.69) is 25.5 Å². The van der Waals surface area contributed by atoms with E-state index in [1.807, 2.05) is 13.8 Å². The van der Waals surface area contributed by atoms with E-state index in [-0.39, 0.29) is 5.82 Å². The van der Waals surface area contributed by atoms with Crippen molar-refractivity contribution in [1.29, 1.82) is 0 Å². The lowest BCUT2D eigenvalue weighted by atomic mass is 10.1. The van der Waals surface area contributed by atoms with Gasteiger partial charge in [-0.1, -0.05) is 18.5 Å². The number of anilines is 2. The zero-order valence-electron chi connectivity index (χ0n) is 18.2. The molecule has 11 heteroatoms. The number of nitrogens with one attached hydrogen (secondary N) is 1. The SMILES string of the molecule is CCc1c(-c2ccc(F)cc2)nn(CC(F)F)c1Nc1cc(-n2nc(C)c(Cl)c2C)ncn1. The molecule has 4 rings (SSSR count). The summed E-state index contributed by atoms with van der Waals surface area (Å²) in [6.45, 7) is 4.89. The second-order valence-corrected chi connectivity index (χ2v) is 7.77. The number of aromatic nitrogens is 6. The van der Waals surface area contributed by atoms with Crippen LogP contribution in [0.3, 0.4) is 0 Å². The van der Waals surface area contributed by atoms with Gasteiger partial charge in [-0.15, -0.1) is 0 Å². The van der Waals surface area contributed by atoms with E-state index in [9.17, 15) is 13.2 Å². The van der Waals surface area contributed by atoms with Crippen LogP contribution in [0.5, 0.6) is 0 Å². The van der Waals surface area contributed by atoms with Crippen LogP contribution in [-0.2, 0) is 13.0 Å². The van der Waals surface area contributed by atoms with Crippen LogP contribution in [0.4, 0.5) is 24.8 Å². The smallest absolute Gasteiger partial charge is 0.258 e. The summed E-state index contributed by atoms with van der Waals surface area (Å²) in [6.07, 6.45) is -0.764. The highest BCUT2D eigenvalue weighted by Gasteiger charge is 2.21. The number of aryl methyl sites for hydroxylation is 1. The van der Waals surface area contributed by atoms with Gasteiger partial charge in [0, 0.05) is 17.2 Å². The van der Waals surface area contributed by atoms with Gasteiger partial charge < -0.3 is 5.32 Å². The molecule has 0 amide bonds. The molecule has 0 saturated carbocycles. The number of hydrogen-bond acceptors (Lipinski definition) is 5.